The number of thiocarbonyl (C=S) groups is 1. The number of aliphatic imine (C=N–C) groups is 1. The molecule has 1 aromatic carbocycles. The molecule has 1 aliphatic rings. The van der Waals surface area contributed by atoms with Crippen molar-refractivity contribution in [1.82, 2.24) is 5.32 Å². The number of nitrogens with zero attached hydrogens (tertiary/aromatic N) is 1. The number of aryl methyl sites for hydroxylation is 1. The third-order valence-corrected chi connectivity index (χ3v) is 4.25. The van der Waals surface area contributed by atoms with E-state index in [1.165, 1.54) is 28.1 Å². The fourth-order valence-corrected chi connectivity index (χ4v) is 2.81. The van der Waals surface area contributed by atoms with Gasteiger partial charge in [-0.05, 0) is 75.2 Å². The maximum atomic E-state index is 4.73. The van der Waals surface area contributed by atoms with Gasteiger partial charge in [-0.1, -0.05) is 12.1 Å². The SMILES string of the molecule is CC1=C(C)C(c2ccc(C)c(N=C=S)c2)C(C)=C(C)N1. The second-order valence-electron chi connectivity index (χ2n) is 5.42. The number of isothiocyanates is 1. The Kier molecular flexibility index (Phi) is 4.22. The van der Waals surface area contributed by atoms with E-state index in [0.29, 0.717) is 5.92 Å². The van der Waals surface area contributed by atoms with E-state index in [0.717, 1.165) is 11.3 Å². The first-order chi connectivity index (χ1) is 9.45. The van der Waals surface area contributed by atoms with Gasteiger partial charge in [0.05, 0.1) is 10.8 Å². The van der Waals surface area contributed by atoms with Gasteiger partial charge in [-0.25, -0.2) is 0 Å². The van der Waals surface area contributed by atoms with Crippen LogP contribution in [0.5, 0.6) is 0 Å². The van der Waals surface area contributed by atoms with Crippen molar-refractivity contribution in [3.05, 3.63) is 51.9 Å². The van der Waals surface area contributed by atoms with Crippen molar-refractivity contribution in [3.8, 4) is 0 Å². The van der Waals surface area contributed by atoms with E-state index in [-0.39, 0.29) is 0 Å². The monoisotopic (exact) mass is 284 g/mol. The van der Waals surface area contributed by atoms with Gasteiger partial charge in [0, 0.05) is 17.3 Å². The average Bonchev–Trinajstić information content (AvgIpc) is 2.40. The summed E-state index contributed by atoms with van der Waals surface area (Å²) in [4.78, 5) is 4.17. The summed E-state index contributed by atoms with van der Waals surface area (Å²) in [5.41, 5.74) is 8.47. The third-order valence-electron chi connectivity index (χ3n) is 4.16. The Morgan fingerprint density at radius 2 is 1.65 bits per heavy atom. The van der Waals surface area contributed by atoms with Gasteiger partial charge in [-0.15, -0.1) is 0 Å². The molecule has 2 rings (SSSR count). The number of rotatable bonds is 2. The Morgan fingerprint density at radius 3 is 2.20 bits per heavy atom. The lowest BCUT2D eigenvalue weighted by atomic mass is 9.82. The summed E-state index contributed by atoms with van der Waals surface area (Å²) in [5.74, 6) is 0.316. The third kappa shape index (κ3) is 2.60. The smallest absolute Gasteiger partial charge is 0.0771 e. The molecule has 0 aromatic heterocycles. The molecule has 0 bridgehead atoms. The maximum Gasteiger partial charge on any atom is 0.0771 e. The first-order valence-electron chi connectivity index (χ1n) is 6.76. The van der Waals surface area contributed by atoms with Crippen LogP contribution in [0.2, 0.25) is 0 Å². The summed E-state index contributed by atoms with van der Waals surface area (Å²) in [6.07, 6.45) is 0. The molecule has 104 valence electrons. The Bertz CT molecular complexity index is 638. The fourth-order valence-electron chi connectivity index (χ4n) is 2.71. The van der Waals surface area contributed by atoms with Crippen LogP contribution in [-0.4, -0.2) is 5.16 Å². The van der Waals surface area contributed by atoms with E-state index in [2.05, 4.69) is 61.4 Å². The molecule has 0 fully saturated rings. The van der Waals surface area contributed by atoms with Crippen LogP contribution in [0.1, 0.15) is 44.7 Å². The molecule has 1 aromatic rings. The van der Waals surface area contributed by atoms with Crippen molar-refractivity contribution >= 4 is 23.1 Å². The summed E-state index contributed by atoms with van der Waals surface area (Å²) in [6, 6.07) is 6.41. The number of dihydropyridines is 1. The van der Waals surface area contributed by atoms with Crippen molar-refractivity contribution in [2.24, 2.45) is 4.99 Å². The zero-order valence-electron chi connectivity index (χ0n) is 12.7. The topological polar surface area (TPSA) is 24.4 Å². The molecule has 0 saturated carbocycles. The van der Waals surface area contributed by atoms with Gasteiger partial charge in [0.25, 0.3) is 0 Å². The van der Waals surface area contributed by atoms with E-state index in [1.807, 2.05) is 6.92 Å². The second kappa shape index (κ2) is 5.74. The van der Waals surface area contributed by atoms with Crippen molar-refractivity contribution in [1.29, 1.82) is 0 Å². The largest absolute Gasteiger partial charge is 0.363 e. The number of allylic oxidation sites excluding steroid dienone is 4. The van der Waals surface area contributed by atoms with E-state index in [9.17, 15) is 0 Å². The number of nitrogens with one attached hydrogen (secondary N) is 1. The number of benzene rings is 1. The normalized spacial score (nSPS) is 16.1. The van der Waals surface area contributed by atoms with Gasteiger partial charge in [0.2, 0.25) is 0 Å². The molecule has 0 unspecified atom stereocenters. The molecule has 1 aliphatic heterocycles. The lowest BCUT2D eigenvalue weighted by Gasteiger charge is -2.29. The summed E-state index contributed by atoms with van der Waals surface area (Å²) >= 11 is 4.73. The summed E-state index contributed by atoms with van der Waals surface area (Å²) < 4.78 is 0. The molecule has 0 spiro atoms. The van der Waals surface area contributed by atoms with Crippen molar-refractivity contribution in [2.45, 2.75) is 40.5 Å². The van der Waals surface area contributed by atoms with Gasteiger partial charge in [-0.2, -0.15) is 4.99 Å². The van der Waals surface area contributed by atoms with Gasteiger partial charge < -0.3 is 5.32 Å². The van der Waals surface area contributed by atoms with E-state index in [1.54, 1.807) is 0 Å². The summed E-state index contributed by atoms with van der Waals surface area (Å²) in [6.45, 7) is 10.7. The molecule has 1 heterocycles. The number of hydrogen-bond donors (Lipinski definition) is 1. The van der Waals surface area contributed by atoms with Crippen LogP contribution in [0.25, 0.3) is 0 Å². The van der Waals surface area contributed by atoms with Gasteiger partial charge >= 0.3 is 0 Å². The molecular formula is C17H20N2S. The van der Waals surface area contributed by atoms with Crippen molar-refractivity contribution in [2.75, 3.05) is 0 Å². The molecule has 0 saturated heterocycles. The molecule has 20 heavy (non-hydrogen) atoms. The quantitative estimate of drug-likeness (QED) is 0.610. The average molecular weight is 284 g/mol. The molecule has 3 heteroatoms. The van der Waals surface area contributed by atoms with Gasteiger partial charge in [0.1, 0.15) is 0 Å². The molecular weight excluding hydrogens is 264 g/mol. The van der Waals surface area contributed by atoms with E-state index in [4.69, 9.17) is 12.2 Å². The summed E-state index contributed by atoms with van der Waals surface area (Å²) in [7, 11) is 0. The highest BCUT2D eigenvalue weighted by Gasteiger charge is 2.23. The van der Waals surface area contributed by atoms with Crippen LogP contribution < -0.4 is 5.32 Å². The predicted octanol–water partition coefficient (Wildman–Crippen LogP) is 5.00. The van der Waals surface area contributed by atoms with Crippen molar-refractivity contribution in [3.63, 3.8) is 0 Å². The summed E-state index contributed by atoms with van der Waals surface area (Å²) in [5, 5.41) is 5.90. The molecule has 2 nitrogen and oxygen atoms in total. The van der Waals surface area contributed by atoms with E-state index >= 15 is 0 Å². The predicted molar refractivity (Wildman–Crippen MR) is 88.5 cm³/mol. The Hall–Kier alpha value is -1.70. The molecule has 0 atom stereocenters. The first kappa shape index (κ1) is 14.7. The van der Waals surface area contributed by atoms with Crippen LogP contribution in [0.15, 0.2) is 45.7 Å². The van der Waals surface area contributed by atoms with Crippen LogP contribution in [0.3, 0.4) is 0 Å². The molecule has 1 N–H and O–H groups in total. The van der Waals surface area contributed by atoms with Gasteiger partial charge in [0.15, 0.2) is 0 Å². The maximum absolute atomic E-state index is 4.73. The zero-order chi connectivity index (χ0) is 14.9. The molecule has 0 amide bonds. The Labute approximate surface area is 126 Å². The highest BCUT2D eigenvalue weighted by molar-refractivity contribution is 7.78. The zero-order valence-corrected chi connectivity index (χ0v) is 13.5. The lowest BCUT2D eigenvalue weighted by Crippen LogP contribution is -2.22. The van der Waals surface area contributed by atoms with E-state index < -0.39 is 0 Å². The minimum Gasteiger partial charge on any atom is -0.363 e. The molecule has 0 aliphatic carbocycles. The fraction of sp³-hybridized carbons (Fsp3) is 0.353. The van der Waals surface area contributed by atoms with Crippen LogP contribution in [0.4, 0.5) is 5.69 Å². The number of hydrogen-bond acceptors (Lipinski definition) is 3. The standard InChI is InChI=1S/C17H20N2S/c1-10-6-7-15(8-16(10)18-9-20)17-11(2)13(4)19-14(5)12(17)3/h6-8,17,19H,1-5H3. The minimum atomic E-state index is 0.316. The lowest BCUT2D eigenvalue weighted by molar-refractivity contribution is 0.772. The van der Waals surface area contributed by atoms with Crippen molar-refractivity contribution < 1.29 is 0 Å². The van der Waals surface area contributed by atoms with Crippen LogP contribution >= 0.6 is 12.2 Å². The highest BCUT2D eigenvalue weighted by Crippen LogP contribution is 2.38. The first-order valence-corrected chi connectivity index (χ1v) is 7.16. The molecule has 0 radical (unpaired) electrons. The minimum absolute atomic E-state index is 0.316. The van der Waals surface area contributed by atoms with Gasteiger partial charge in [-0.3, -0.25) is 0 Å². The Balaban J connectivity index is 2.57. The van der Waals surface area contributed by atoms with Crippen LogP contribution in [-0.2, 0) is 0 Å². The second-order valence-corrected chi connectivity index (χ2v) is 5.61. The highest BCUT2D eigenvalue weighted by atomic mass is 32.1. The van der Waals surface area contributed by atoms with Crippen LogP contribution in [0, 0.1) is 6.92 Å². The Morgan fingerprint density at radius 1 is 1.05 bits per heavy atom.